The van der Waals surface area contributed by atoms with Crippen molar-refractivity contribution in [2.24, 2.45) is 0 Å². The van der Waals surface area contributed by atoms with Gasteiger partial charge in [0.15, 0.2) is 0 Å². The number of benzene rings is 2. The van der Waals surface area contributed by atoms with Crippen molar-refractivity contribution in [2.75, 3.05) is 37.1 Å². The molecule has 2 N–H and O–H groups in total. The fraction of sp³-hybridized carbons (Fsp3) is 0.462. The number of ether oxygens (including phenoxy) is 3. The smallest absolute Gasteiger partial charge is 0.224 e. The molecule has 0 saturated heterocycles. The minimum atomic E-state index is 0.0666. The molecule has 0 bridgehead atoms. The number of hydrogen-bond acceptors (Lipinski definition) is 5. The van der Waals surface area contributed by atoms with Crippen LogP contribution in [-0.4, -0.2) is 38.2 Å². The lowest BCUT2D eigenvalue weighted by molar-refractivity contribution is -0.117. The summed E-state index contributed by atoms with van der Waals surface area (Å²) in [6.45, 7) is 2.69. The van der Waals surface area contributed by atoms with E-state index in [9.17, 15) is 9.59 Å². The van der Waals surface area contributed by atoms with Crippen molar-refractivity contribution in [3.8, 4) is 11.5 Å². The highest BCUT2D eigenvalue weighted by molar-refractivity contribution is 5.94. The number of carbonyl (C=O) groups excluding carboxylic acids is 2. The second-order valence-corrected chi connectivity index (χ2v) is 8.46. The lowest BCUT2D eigenvalue weighted by Gasteiger charge is -2.17. The van der Waals surface area contributed by atoms with E-state index in [1.807, 2.05) is 36.4 Å². The van der Waals surface area contributed by atoms with Gasteiger partial charge < -0.3 is 24.8 Å². The molecule has 0 aromatic heterocycles. The summed E-state index contributed by atoms with van der Waals surface area (Å²) in [6, 6.07) is 11.8. The summed E-state index contributed by atoms with van der Waals surface area (Å²) in [7, 11) is 0. The van der Waals surface area contributed by atoms with E-state index in [0.29, 0.717) is 26.1 Å². The number of rotatable bonds is 12. The van der Waals surface area contributed by atoms with E-state index >= 15 is 0 Å². The van der Waals surface area contributed by atoms with Crippen molar-refractivity contribution < 1.29 is 23.8 Å². The Morgan fingerprint density at radius 1 is 0.606 bits per heavy atom. The monoisotopic (exact) mass is 452 g/mol. The van der Waals surface area contributed by atoms with Gasteiger partial charge >= 0.3 is 0 Å². The molecular weight excluding hydrogens is 420 g/mol. The predicted molar refractivity (Wildman–Crippen MR) is 127 cm³/mol. The number of aryl methyl sites for hydroxylation is 2. The molecular formula is C26H32N2O5. The molecule has 176 valence electrons. The molecule has 2 amide bonds. The number of hydrogen-bond donors (Lipinski definition) is 2. The molecule has 2 aromatic rings. The van der Waals surface area contributed by atoms with Gasteiger partial charge in [0.2, 0.25) is 11.8 Å². The van der Waals surface area contributed by atoms with Gasteiger partial charge in [-0.25, -0.2) is 0 Å². The molecule has 33 heavy (non-hydrogen) atoms. The third-order valence-corrected chi connectivity index (χ3v) is 5.86. The Labute approximate surface area is 194 Å². The molecule has 0 fully saturated rings. The Bertz CT molecular complexity index is 898. The zero-order valence-electron chi connectivity index (χ0n) is 19.0. The molecule has 0 unspecified atom stereocenters. The quantitative estimate of drug-likeness (QED) is 0.464. The minimum Gasteiger partial charge on any atom is -0.494 e. The number of unbranched alkanes of at least 4 members (excludes halogenated alkanes) is 2. The van der Waals surface area contributed by atoms with Gasteiger partial charge in [0.05, 0.1) is 13.2 Å². The summed E-state index contributed by atoms with van der Waals surface area (Å²) >= 11 is 0. The van der Waals surface area contributed by atoms with Crippen molar-refractivity contribution >= 4 is 23.2 Å². The summed E-state index contributed by atoms with van der Waals surface area (Å²) in [5.74, 6) is 1.71. The molecule has 2 heterocycles. The first-order chi connectivity index (χ1) is 16.2. The number of amides is 2. The van der Waals surface area contributed by atoms with E-state index in [0.717, 1.165) is 85.7 Å². The average molecular weight is 453 g/mol. The Morgan fingerprint density at radius 2 is 1.06 bits per heavy atom. The number of anilines is 2. The van der Waals surface area contributed by atoms with E-state index in [-0.39, 0.29) is 11.8 Å². The van der Waals surface area contributed by atoms with Crippen molar-refractivity contribution in [3.63, 3.8) is 0 Å². The third-order valence-electron chi connectivity index (χ3n) is 5.86. The number of carbonyl (C=O) groups is 2. The average Bonchev–Trinajstić information content (AvgIpc) is 2.82. The SMILES string of the molecule is O=C1CCc2ccc(OCCCCOCCCCOc3ccc4c(c3)NC(=O)CC4)cc2N1. The van der Waals surface area contributed by atoms with Crippen LogP contribution in [0.4, 0.5) is 11.4 Å². The first-order valence-corrected chi connectivity index (χ1v) is 11.9. The van der Waals surface area contributed by atoms with Gasteiger partial charge in [-0.05, 0) is 61.8 Å². The van der Waals surface area contributed by atoms with Crippen LogP contribution in [0.2, 0.25) is 0 Å². The molecule has 0 aliphatic carbocycles. The zero-order chi connectivity index (χ0) is 22.9. The Kier molecular flexibility index (Phi) is 8.19. The van der Waals surface area contributed by atoms with E-state index in [1.165, 1.54) is 0 Å². The first kappa shape index (κ1) is 23.1. The van der Waals surface area contributed by atoms with Gasteiger partial charge in [0, 0.05) is 49.6 Å². The molecule has 2 aromatic carbocycles. The zero-order valence-corrected chi connectivity index (χ0v) is 19.0. The van der Waals surface area contributed by atoms with Gasteiger partial charge in [0.1, 0.15) is 11.5 Å². The predicted octanol–water partition coefficient (Wildman–Crippen LogP) is 4.49. The highest BCUT2D eigenvalue weighted by Gasteiger charge is 2.16. The largest absolute Gasteiger partial charge is 0.494 e. The normalized spacial score (nSPS) is 14.7. The summed E-state index contributed by atoms with van der Waals surface area (Å²) in [5.41, 5.74) is 4.07. The van der Waals surface area contributed by atoms with Crippen LogP contribution >= 0.6 is 0 Å². The second-order valence-electron chi connectivity index (χ2n) is 8.46. The van der Waals surface area contributed by atoms with Gasteiger partial charge in [-0.2, -0.15) is 0 Å². The van der Waals surface area contributed by atoms with Gasteiger partial charge in [-0.15, -0.1) is 0 Å². The highest BCUT2D eigenvalue weighted by Crippen LogP contribution is 2.28. The van der Waals surface area contributed by atoms with Crippen molar-refractivity contribution in [1.82, 2.24) is 0 Å². The van der Waals surface area contributed by atoms with E-state index in [4.69, 9.17) is 14.2 Å². The van der Waals surface area contributed by atoms with Crippen LogP contribution in [0.15, 0.2) is 36.4 Å². The topological polar surface area (TPSA) is 85.9 Å². The first-order valence-electron chi connectivity index (χ1n) is 11.9. The molecule has 0 spiro atoms. The molecule has 4 rings (SSSR count). The summed E-state index contributed by atoms with van der Waals surface area (Å²) in [6.07, 6.45) is 6.41. The van der Waals surface area contributed by atoms with Crippen LogP contribution in [0.3, 0.4) is 0 Å². The summed E-state index contributed by atoms with van der Waals surface area (Å²) in [4.78, 5) is 23.0. The van der Waals surface area contributed by atoms with E-state index in [1.54, 1.807) is 0 Å². The van der Waals surface area contributed by atoms with Crippen molar-refractivity contribution in [3.05, 3.63) is 47.5 Å². The third kappa shape index (κ3) is 6.96. The van der Waals surface area contributed by atoms with E-state index in [2.05, 4.69) is 10.6 Å². The lowest BCUT2D eigenvalue weighted by atomic mass is 10.0. The number of nitrogens with one attached hydrogen (secondary N) is 2. The molecule has 0 saturated carbocycles. The Balaban J connectivity index is 1.01. The number of fused-ring (bicyclic) bond motifs is 2. The van der Waals surface area contributed by atoms with Crippen LogP contribution in [0, 0.1) is 0 Å². The fourth-order valence-corrected chi connectivity index (χ4v) is 3.98. The maximum absolute atomic E-state index is 11.5. The standard InChI is InChI=1S/C26H32N2O5/c29-25-11-7-19-5-9-21(17-23(19)27-25)32-15-3-1-13-31-14-2-4-16-33-22-10-6-20-8-12-26(30)28-24(20)18-22/h5-6,9-10,17-18H,1-4,7-8,11-16H2,(H,27,29)(H,28,30). The second kappa shape index (κ2) is 11.7. The van der Waals surface area contributed by atoms with Crippen LogP contribution in [0.25, 0.3) is 0 Å². The Morgan fingerprint density at radius 3 is 1.55 bits per heavy atom. The highest BCUT2D eigenvalue weighted by atomic mass is 16.5. The van der Waals surface area contributed by atoms with Crippen molar-refractivity contribution in [1.29, 1.82) is 0 Å². The molecule has 7 heteroatoms. The summed E-state index contributed by atoms with van der Waals surface area (Å²) in [5, 5.41) is 5.80. The van der Waals surface area contributed by atoms with Gasteiger partial charge in [-0.1, -0.05) is 12.1 Å². The van der Waals surface area contributed by atoms with Gasteiger partial charge in [-0.3, -0.25) is 9.59 Å². The maximum atomic E-state index is 11.5. The molecule has 0 atom stereocenters. The molecule has 0 radical (unpaired) electrons. The Hall–Kier alpha value is -3.06. The summed E-state index contributed by atoms with van der Waals surface area (Å²) < 4.78 is 17.3. The molecule has 2 aliphatic rings. The fourth-order valence-electron chi connectivity index (χ4n) is 3.98. The van der Waals surface area contributed by atoms with E-state index < -0.39 is 0 Å². The van der Waals surface area contributed by atoms with Crippen molar-refractivity contribution in [2.45, 2.75) is 51.4 Å². The molecule has 2 aliphatic heterocycles. The van der Waals surface area contributed by atoms with Crippen LogP contribution in [0.1, 0.15) is 49.7 Å². The van der Waals surface area contributed by atoms with Crippen LogP contribution < -0.4 is 20.1 Å². The van der Waals surface area contributed by atoms with Gasteiger partial charge in [0.25, 0.3) is 0 Å². The van der Waals surface area contributed by atoms with Crippen LogP contribution in [0.5, 0.6) is 11.5 Å². The lowest BCUT2D eigenvalue weighted by Crippen LogP contribution is -2.18. The van der Waals surface area contributed by atoms with Crippen LogP contribution in [-0.2, 0) is 27.2 Å². The minimum absolute atomic E-state index is 0.0666. The molecule has 7 nitrogen and oxygen atoms in total. The maximum Gasteiger partial charge on any atom is 0.224 e.